The predicted molar refractivity (Wildman–Crippen MR) is 64.9 cm³/mol. The molecular weight excluding hydrogens is 256 g/mol. The SMILES string of the molecule is CC(C)c1ccc(/C=C/C(=O)O)cc1Br. The second-order valence-electron chi connectivity index (χ2n) is 3.61. The van der Waals surface area contributed by atoms with Crippen LogP contribution in [-0.2, 0) is 4.79 Å². The Bertz CT molecular complexity index is 395. The number of carboxylic acid groups (broad SMARTS) is 1. The normalized spacial score (nSPS) is 11.2. The van der Waals surface area contributed by atoms with Crippen LogP contribution in [0.3, 0.4) is 0 Å². The van der Waals surface area contributed by atoms with Gasteiger partial charge in [0.2, 0.25) is 0 Å². The number of aliphatic carboxylic acids is 1. The third-order valence-corrected chi connectivity index (χ3v) is 2.75. The molecule has 1 rings (SSSR count). The van der Waals surface area contributed by atoms with E-state index in [1.807, 2.05) is 18.2 Å². The van der Waals surface area contributed by atoms with Crippen molar-refractivity contribution < 1.29 is 9.90 Å². The van der Waals surface area contributed by atoms with Crippen molar-refractivity contribution in [1.29, 1.82) is 0 Å². The molecule has 0 unspecified atom stereocenters. The predicted octanol–water partition coefficient (Wildman–Crippen LogP) is 3.67. The van der Waals surface area contributed by atoms with Crippen LogP contribution in [-0.4, -0.2) is 11.1 Å². The molecule has 0 heterocycles. The van der Waals surface area contributed by atoms with Crippen molar-refractivity contribution in [2.75, 3.05) is 0 Å². The molecule has 1 aromatic rings. The lowest BCUT2D eigenvalue weighted by molar-refractivity contribution is -0.131. The molecular formula is C12H13BrO2. The van der Waals surface area contributed by atoms with E-state index in [1.54, 1.807) is 6.08 Å². The second-order valence-corrected chi connectivity index (χ2v) is 4.46. The van der Waals surface area contributed by atoms with Crippen LogP contribution in [0.2, 0.25) is 0 Å². The molecule has 0 bridgehead atoms. The Kier molecular flexibility index (Phi) is 4.09. The summed E-state index contributed by atoms with van der Waals surface area (Å²) >= 11 is 3.47. The maximum Gasteiger partial charge on any atom is 0.328 e. The van der Waals surface area contributed by atoms with Crippen LogP contribution in [0.5, 0.6) is 0 Å². The lowest BCUT2D eigenvalue weighted by Crippen LogP contribution is -1.90. The number of benzene rings is 1. The van der Waals surface area contributed by atoms with Gasteiger partial charge in [0, 0.05) is 10.5 Å². The van der Waals surface area contributed by atoms with Crippen molar-refractivity contribution in [2.24, 2.45) is 0 Å². The van der Waals surface area contributed by atoms with Gasteiger partial charge in [-0.15, -0.1) is 0 Å². The Morgan fingerprint density at radius 2 is 2.13 bits per heavy atom. The van der Waals surface area contributed by atoms with Crippen LogP contribution in [0, 0.1) is 0 Å². The standard InChI is InChI=1S/C12H13BrO2/c1-8(2)10-5-3-9(7-11(10)13)4-6-12(14)15/h3-8H,1-2H3,(H,14,15)/b6-4+. The average molecular weight is 269 g/mol. The highest BCUT2D eigenvalue weighted by Gasteiger charge is 2.04. The Balaban J connectivity index is 2.96. The summed E-state index contributed by atoms with van der Waals surface area (Å²) in [6, 6.07) is 5.85. The van der Waals surface area contributed by atoms with Gasteiger partial charge in [0.25, 0.3) is 0 Å². The summed E-state index contributed by atoms with van der Waals surface area (Å²) in [6.07, 6.45) is 2.72. The first kappa shape index (κ1) is 12.0. The zero-order valence-electron chi connectivity index (χ0n) is 8.70. The van der Waals surface area contributed by atoms with Crippen LogP contribution in [0.25, 0.3) is 6.08 Å². The third kappa shape index (κ3) is 3.51. The van der Waals surface area contributed by atoms with E-state index in [-0.39, 0.29) is 0 Å². The summed E-state index contributed by atoms with van der Waals surface area (Å²) in [5, 5.41) is 8.49. The first-order valence-corrected chi connectivity index (χ1v) is 5.50. The van der Waals surface area contributed by atoms with E-state index >= 15 is 0 Å². The van der Waals surface area contributed by atoms with Crippen LogP contribution >= 0.6 is 15.9 Å². The zero-order chi connectivity index (χ0) is 11.4. The summed E-state index contributed by atoms with van der Waals surface area (Å²) < 4.78 is 1.02. The zero-order valence-corrected chi connectivity index (χ0v) is 10.3. The summed E-state index contributed by atoms with van der Waals surface area (Å²) in [6.45, 7) is 4.24. The van der Waals surface area contributed by atoms with Crippen molar-refractivity contribution in [3.63, 3.8) is 0 Å². The molecule has 0 saturated carbocycles. The lowest BCUT2D eigenvalue weighted by atomic mass is 10.0. The first-order valence-electron chi connectivity index (χ1n) is 4.71. The fraction of sp³-hybridized carbons (Fsp3) is 0.250. The molecule has 3 heteroatoms. The van der Waals surface area contributed by atoms with E-state index in [1.165, 1.54) is 5.56 Å². The smallest absolute Gasteiger partial charge is 0.328 e. The molecule has 0 radical (unpaired) electrons. The van der Waals surface area contributed by atoms with Crippen molar-refractivity contribution in [1.82, 2.24) is 0 Å². The van der Waals surface area contributed by atoms with Crippen molar-refractivity contribution in [2.45, 2.75) is 19.8 Å². The highest BCUT2D eigenvalue weighted by atomic mass is 79.9. The lowest BCUT2D eigenvalue weighted by Gasteiger charge is -2.08. The minimum Gasteiger partial charge on any atom is -0.478 e. The average Bonchev–Trinajstić information content (AvgIpc) is 2.14. The number of halogens is 1. The van der Waals surface area contributed by atoms with Gasteiger partial charge in [-0.25, -0.2) is 4.79 Å². The van der Waals surface area contributed by atoms with E-state index in [0.717, 1.165) is 16.1 Å². The van der Waals surface area contributed by atoms with Gasteiger partial charge in [0.15, 0.2) is 0 Å². The number of hydrogen-bond acceptors (Lipinski definition) is 1. The maximum absolute atomic E-state index is 10.3. The van der Waals surface area contributed by atoms with Crippen LogP contribution in [0.4, 0.5) is 0 Å². The van der Waals surface area contributed by atoms with Crippen molar-refractivity contribution >= 4 is 28.0 Å². The maximum atomic E-state index is 10.3. The Morgan fingerprint density at radius 3 is 2.60 bits per heavy atom. The molecule has 0 aromatic heterocycles. The van der Waals surface area contributed by atoms with E-state index in [0.29, 0.717) is 5.92 Å². The van der Waals surface area contributed by atoms with E-state index in [2.05, 4.69) is 29.8 Å². The van der Waals surface area contributed by atoms with Gasteiger partial charge in [-0.2, -0.15) is 0 Å². The molecule has 1 aromatic carbocycles. The van der Waals surface area contributed by atoms with Gasteiger partial charge in [0.1, 0.15) is 0 Å². The van der Waals surface area contributed by atoms with Crippen LogP contribution in [0.15, 0.2) is 28.7 Å². The molecule has 0 saturated heterocycles. The molecule has 0 spiro atoms. The highest BCUT2D eigenvalue weighted by Crippen LogP contribution is 2.25. The topological polar surface area (TPSA) is 37.3 Å². The monoisotopic (exact) mass is 268 g/mol. The first-order chi connectivity index (χ1) is 7.00. The molecule has 0 aliphatic rings. The number of carboxylic acids is 1. The number of carbonyl (C=O) groups is 1. The summed E-state index contributed by atoms with van der Waals surface area (Å²) in [5.41, 5.74) is 2.11. The third-order valence-electron chi connectivity index (χ3n) is 2.06. The van der Waals surface area contributed by atoms with Crippen LogP contribution in [0.1, 0.15) is 30.9 Å². The number of rotatable bonds is 3. The largest absolute Gasteiger partial charge is 0.478 e. The van der Waals surface area contributed by atoms with Crippen LogP contribution < -0.4 is 0 Å². The van der Waals surface area contributed by atoms with Gasteiger partial charge in [0.05, 0.1) is 0 Å². The molecule has 80 valence electrons. The Hall–Kier alpha value is -1.09. The quantitative estimate of drug-likeness (QED) is 0.850. The van der Waals surface area contributed by atoms with E-state index < -0.39 is 5.97 Å². The van der Waals surface area contributed by atoms with E-state index in [4.69, 9.17) is 5.11 Å². The summed E-state index contributed by atoms with van der Waals surface area (Å²) in [7, 11) is 0. The molecule has 0 amide bonds. The van der Waals surface area contributed by atoms with Crippen molar-refractivity contribution in [3.8, 4) is 0 Å². The van der Waals surface area contributed by atoms with Gasteiger partial charge in [-0.3, -0.25) is 0 Å². The fourth-order valence-electron chi connectivity index (χ4n) is 1.28. The van der Waals surface area contributed by atoms with Gasteiger partial charge >= 0.3 is 5.97 Å². The Labute approximate surface area is 97.8 Å². The Morgan fingerprint density at radius 1 is 1.47 bits per heavy atom. The van der Waals surface area contributed by atoms with Gasteiger partial charge in [-0.1, -0.05) is 41.9 Å². The molecule has 0 atom stereocenters. The van der Waals surface area contributed by atoms with Gasteiger partial charge < -0.3 is 5.11 Å². The second kappa shape index (κ2) is 5.12. The number of hydrogen-bond donors (Lipinski definition) is 1. The minimum atomic E-state index is -0.931. The van der Waals surface area contributed by atoms with Gasteiger partial charge in [-0.05, 0) is 29.2 Å². The molecule has 15 heavy (non-hydrogen) atoms. The molecule has 0 aliphatic heterocycles. The molecule has 0 fully saturated rings. The molecule has 2 nitrogen and oxygen atoms in total. The summed E-state index contributed by atoms with van der Waals surface area (Å²) in [4.78, 5) is 10.3. The molecule has 0 aliphatic carbocycles. The minimum absolute atomic E-state index is 0.455. The summed E-state index contributed by atoms with van der Waals surface area (Å²) in [5.74, 6) is -0.476. The highest BCUT2D eigenvalue weighted by molar-refractivity contribution is 9.10. The van der Waals surface area contributed by atoms with Crippen molar-refractivity contribution in [3.05, 3.63) is 39.9 Å². The fourth-order valence-corrected chi connectivity index (χ4v) is 2.14. The molecule has 1 N–H and O–H groups in total. The van der Waals surface area contributed by atoms with E-state index in [9.17, 15) is 4.79 Å².